The normalized spacial score (nSPS) is 16.9. The largest absolute Gasteiger partial charge is 0.481 e. The van der Waals surface area contributed by atoms with Crippen molar-refractivity contribution in [1.82, 2.24) is 0 Å². The molecular weight excluding hydrogens is 274 g/mol. The molecule has 4 nitrogen and oxygen atoms in total. The van der Waals surface area contributed by atoms with Crippen LogP contribution in [0.15, 0.2) is 47.5 Å². The molecule has 2 aromatic rings. The Bertz CT molecular complexity index is 667. The van der Waals surface area contributed by atoms with Crippen LogP contribution in [0.1, 0.15) is 6.92 Å². The molecule has 0 saturated heterocycles. The minimum absolute atomic E-state index is 0.151. The molecular formula is C15H14ClN3O. The smallest absolute Gasteiger partial charge is 0.153 e. The van der Waals surface area contributed by atoms with Crippen LogP contribution >= 0.6 is 11.6 Å². The van der Waals surface area contributed by atoms with Gasteiger partial charge in [0.05, 0.1) is 0 Å². The molecule has 2 aromatic carbocycles. The van der Waals surface area contributed by atoms with Crippen molar-refractivity contribution in [2.45, 2.75) is 13.0 Å². The first-order valence-corrected chi connectivity index (χ1v) is 6.67. The van der Waals surface area contributed by atoms with Crippen LogP contribution in [0.3, 0.4) is 0 Å². The molecule has 102 valence electrons. The number of fused-ring (bicyclic) bond motifs is 1. The number of halogens is 1. The zero-order valence-corrected chi connectivity index (χ0v) is 11.7. The zero-order chi connectivity index (χ0) is 14.1. The van der Waals surface area contributed by atoms with E-state index in [4.69, 9.17) is 22.1 Å². The molecule has 1 unspecified atom stereocenters. The van der Waals surface area contributed by atoms with E-state index < -0.39 is 0 Å². The van der Waals surface area contributed by atoms with Crippen molar-refractivity contribution in [2.24, 2.45) is 4.99 Å². The Morgan fingerprint density at radius 1 is 1.20 bits per heavy atom. The van der Waals surface area contributed by atoms with Crippen molar-refractivity contribution in [3.05, 3.63) is 47.5 Å². The van der Waals surface area contributed by atoms with E-state index in [0.29, 0.717) is 10.7 Å². The first-order valence-electron chi connectivity index (χ1n) is 6.29. The lowest BCUT2D eigenvalue weighted by molar-refractivity contribution is 0.283. The number of nitrogens with two attached hydrogens (primary N) is 1. The van der Waals surface area contributed by atoms with Crippen molar-refractivity contribution in [3.63, 3.8) is 0 Å². The molecule has 0 aliphatic carbocycles. The maximum absolute atomic E-state index is 5.87. The standard InChI is InChI=1S/C15H14ClN3O/c1-9-15(18-12-5-2-10(16)3-6-12)19-13-8-11(17)4-7-14(13)20-9/h2-9H,17H2,1H3,(H,18,19). The third-order valence-corrected chi connectivity index (χ3v) is 3.28. The van der Waals surface area contributed by atoms with Gasteiger partial charge in [0.15, 0.2) is 6.10 Å². The van der Waals surface area contributed by atoms with E-state index in [1.165, 1.54) is 0 Å². The molecule has 0 spiro atoms. The van der Waals surface area contributed by atoms with Crippen LogP contribution in [0.25, 0.3) is 0 Å². The fourth-order valence-electron chi connectivity index (χ4n) is 2.00. The van der Waals surface area contributed by atoms with Crippen LogP contribution < -0.4 is 15.8 Å². The summed E-state index contributed by atoms with van der Waals surface area (Å²) in [5.41, 5.74) is 8.08. The topological polar surface area (TPSA) is 59.6 Å². The van der Waals surface area contributed by atoms with E-state index >= 15 is 0 Å². The molecule has 0 amide bonds. The molecule has 1 aliphatic rings. The molecule has 3 N–H and O–H groups in total. The van der Waals surface area contributed by atoms with Gasteiger partial charge >= 0.3 is 0 Å². The summed E-state index contributed by atoms with van der Waals surface area (Å²) in [6, 6.07) is 12.9. The summed E-state index contributed by atoms with van der Waals surface area (Å²) in [4.78, 5) is 4.57. The third-order valence-electron chi connectivity index (χ3n) is 3.03. The molecule has 0 aromatic heterocycles. The van der Waals surface area contributed by atoms with Crippen molar-refractivity contribution < 1.29 is 4.74 Å². The van der Waals surface area contributed by atoms with Gasteiger partial charge < -0.3 is 15.8 Å². The molecule has 5 heteroatoms. The number of nitrogens with one attached hydrogen (secondary N) is 1. The van der Waals surface area contributed by atoms with Gasteiger partial charge in [-0.15, -0.1) is 0 Å². The van der Waals surface area contributed by atoms with Crippen LogP contribution in [0, 0.1) is 0 Å². The highest BCUT2D eigenvalue weighted by Crippen LogP contribution is 2.34. The summed E-state index contributed by atoms with van der Waals surface area (Å²) in [7, 11) is 0. The lowest BCUT2D eigenvalue weighted by Gasteiger charge is -2.24. The maximum Gasteiger partial charge on any atom is 0.153 e. The van der Waals surface area contributed by atoms with Crippen LogP contribution in [0.5, 0.6) is 5.75 Å². The Morgan fingerprint density at radius 3 is 2.70 bits per heavy atom. The fraction of sp³-hybridized carbons (Fsp3) is 0.133. The number of hydrogen-bond acceptors (Lipinski definition) is 4. The minimum Gasteiger partial charge on any atom is -0.481 e. The average Bonchev–Trinajstić information content (AvgIpc) is 2.42. The molecule has 20 heavy (non-hydrogen) atoms. The average molecular weight is 288 g/mol. The number of amidine groups is 1. The van der Waals surface area contributed by atoms with Gasteiger partial charge in [0.1, 0.15) is 17.3 Å². The number of nitrogen functional groups attached to an aromatic ring is 1. The minimum atomic E-state index is -0.151. The SMILES string of the molecule is CC1Oc2ccc(N)cc2N=C1Nc1ccc(Cl)cc1. The zero-order valence-electron chi connectivity index (χ0n) is 10.9. The van der Waals surface area contributed by atoms with Gasteiger partial charge in [-0.1, -0.05) is 11.6 Å². The van der Waals surface area contributed by atoms with E-state index in [9.17, 15) is 0 Å². The van der Waals surface area contributed by atoms with Gasteiger partial charge in [0.25, 0.3) is 0 Å². The summed E-state index contributed by atoms with van der Waals surface area (Å²) in [5.74, 6) is 1.48. The third kappa shape index (κ3) is 2.56. The number of benzene rings is 2. The Morgan fingerprint density at radius 2 is 1.95 bits per heavy atom. The van der Waals surface area contributed by atoms with Gasteiger partial charge in [-0.05, 0) is 49.4 Å². The number of rotatable bonds is 1. The van der Waals surface area contributed by atoms with E-state index in [1.54, 1.807) is 12.1 Å². The van der Waals surface area contributed by atoms with Crippen LogP contribution in [0.4, 0.5) is 17.1 Å². The van der Waals surface area contributed by atoms with E-state index in [2.05, 4.69) is 10.3 Å². The summed E-state index contributed by atoms with van der Waals surface area (Å²) in [5, 5.41) is 3.94. The van der Waals surface area contributed by atoms with Gasteiger partial charge in [0, 0.05) is 16.4 Å². The lowest BCUT2D eigenvalue weighted by atomic mass is 10.2. The number of nitrogens with zero attached hydrogens (tertiary/aromatic N) is 1. The number of anilines is 2. The Kier molecular flexibility index (Phi) is 3.24. The summed E-state index contributed by atoms with van der Waals surface area (Å²) < 4.78 is 5.82. The van der Waals surface area contributed by atoms with Gasteiger partial charge in [-0.2, -0.15) is 0 Å². The number of aliphatic imine (C=N–C) groups is 1. The van der Waals surface area contributed by atoms with Crippen molar-refractivity contribution in [1.29, 1.82) is 0 Å². The second-order valence-corrected chi connectivity index (χ2v) is 5.05. The van der Waals surface area contributed by atoms with Gasteiger partial charge in [-0.3, -0.25) is 0 Å². The molecule has 1 heterocycles. The Balaban J connectivity index is 1.90. The highest BCUT2D eigenvalue weighted by molar-refractivity contribution is 6.30. The van der Waals surface area contributed by atoms with Crippen LogP contribution in [-0.2, 0) is 0 Å². The molecule has 0 fully saturated rings. The molecule has 1 atom stereocenters. The second-order valence-electron chi connectivity index (χ2n) is 4.62. The Labute approximate surface area is 122 Å². The highest BCUT2D eigenvalue weighted by atomic mass is 35.5. The first kappa shape index (κ1) is 12.8. The van der Waals surface area contributed by atoms with Crippen molar-refractivity contribution in [2.75, 3.05) is 11.1 Å². The van der Waals surface area contributed by atoms with Crippen molar-refractivity contribution >= 4 is 34.5 Å². The quantitative estimate of drug-likeness (QED) is 0.783. The van der Waals surface area contributed by atoms with Crippen LogP contribution in [0.2, 0.25) is 5.02 Å². The molecule has 0 saturated carbocycles. The molecule has 3 rings (SSSR count). The predicted octanol–water partition coefficient (Wildman–Crippen LogP) is 3.85. The molecule has 0 bridgehead atoms. The Hall–Kier alpha value is -2.20. The summed E-state index contributed by atoms with van der Waals surface area (Å²) >= 11 is 5.87. The predicted molar refractivity (Wildman–Crippen MR) is 83.1 cm³/mol. The van der Waals surface area contributed by atoms with Crippen LogP contribution in [-0.4, -0.2) is 11.9 Å². The van der Waals surface area contributed by atoms with E-state index in [1.807, 2.05) is 37.3 Å². The van der Waals surface area contributed by atoms with E-state index in [0.717, 1.165) is 23.0 Å². The van der Waals surface area contributed by atoms with E-state index in [-0.39, 0.29) is 6.10 Å². The first-order chi connectivity index (χ1) is 9.61. The van der Waals surface area contributed by atoms with Crippen molar-refractivity contribution in [3.8, 4) is 5.75 Å². The lowest BCUT2D eigenvalue weighted by Crippen LogP contribution is -2.32. The maximum atomic E-state index is 5.87. The monoisotopic (exact) mass is 287 g/mol. The fourth-order valence-corrected chi connectivity index (χ4v) is 2.13. The molecule has 0 radical (unpaired) electrons. The number of ether oxygens (including phenoxy) is 1. The summed E-state index contributed by atoms with van der Waals surface area (Å²) in [6.45, 7) is 1.95. The van der Waals surface area contributed by atoms with Gasteiger partial charge in [-0.25, -0.2) is 4.99 Å². The highest BCUT2D eigenvalue weighted by Gasteiger charge is 2.20. The second kappa shape index (κ2) is 5.06. The van der Waals surface area contributed by atoms with Gasteiger partial charge in [0.2, 0.25) is 0 Å². The molecule has 1 aliphatic heterocycles. The number of hydrogen-bond donors (Lipinski definition) is 2. The summed E-state index contributed by atoms with van der Waals surface area (Å²) in [6.07, 6.45) is -0.151.